The lowest BCUT2D eigenvalue weighted by atomic mass is 10.1. The first-order valence-electron chi connectivity index (χ1n) is 20.8. The summed E-state index contributed by atoms with van der Waals surface area (Å²) < 4.78 is 32.6. The van der Waals surface area contributed by atoms with E-state index in [2.05, 4.69) is 85.9 Å². The molecule has 0 saturated heterocycles. The molecule has 4 N–H and O–H groups in total. The third kappa shape index (κ3) is 39.1. The molecule has 1 unspecified atom stereocenters. The zero-order valence-electron chi connectivity index (χ0n) is 34.4. The molecule has 0 radical (unpaired) electrons. The summed E-state index contributed by atoms with van der Waals surface area (Å²) in [4.78, 5) is 34.8. The van der Waals surface area contributed by atoms with Gasteiger partial charge in [0, 0.05) is 19.4 Å². The number of phosphoric acid groups is 1. The molecule has 318 valence electrons. The van der Waals surface area contributed by atoms with Crippen molar-refractivity contribution in [1.29, 1.82) is 0 Å². The van der Waals surface area contributed by atoms with Crippen LogP contribution in [0.2, 0.25) is 0 Å². The van der Waals surface area contributed by atoms with Crippen LogP contribution in [-0.2, 0) is 32.7 Å². The number of rotatable bonds is 37. The fraction of sp³-hybridized carbons (Fsp3) is 0.600. The summed E-state index contributed by atoms with van der Waals surface area (Å²) in [5, 5.41) is 9.55. The topological polar surface area (TPSA) is 155 Å². The van der Waals surface area contributed by atoms with Gasteiger partial charge in [-0.05, 0) is 96.3 Å². The van der Waals surface area contributed by atoms with Crippen LogP contribution in [0, 0.1) is 0 Å². The van der Waals surface area contributed by atoms with E-state index >= 15 is 0 Å². The van der Waals surface area contributed by atoms with Gasteiger partial charge in [0.05, 0.1) is 19.3 Å². The smallest absolute Gasteiger partial charge is 0.462 e. The highest BCUT2D eigenvalue weighted by Crippen LogP contribution is 2.43. The molecule has 0 rings (SSSR count). The van der Waals surface area contributed by atoms with Crippen LogP contribution in [0.1, 0.15) is 136 Å². The number of allylic oxidation sites excluding steroid dienone is 16. The second-order valence-electron chi connectivity index (χ2n) is 13.3. The fourth-order valence-corrected chi connectivity index (χ4v) is 5.60. The zero-order chi connectivity index (χ0) is 41.2. The summed E-state index contributed by atoms with van der Waals surface area (Å²) >= 11 is 0. The number of carbonyl (C=O) groups is 2. The lowest BCUT2D eigenvalue weighted by Gasteiger charge is -2.19. The number of hydrogen-bond acceptors (Lipinski definition) is 9. The Hall–Kier alpha value is -3.11. The lowest BCUT2D eigenvalue weighted by molar-refractivity contribution is -0.161. The molecule has 10 nitrogen and oxygen atoms in total. The third-order valence-electron chi connectivity index (χ3n) is 8.11. The molecule has 0 heterocycles. The van der Waals surface area contributed by atoms with Crippen molar-refractivity contribution < 1.29 is 42.7 Å². The number of phosphoric ester groups is 1. The Labute approximate surface area is 339 Å². The Morgan fingerprint density at radius 3 is 1.52 bits per heavy atom. The van der Waals surface area contributed by atoms with Crippen molar-refractivity contribution in [3.05, 3.63) is 97.2 Å². The fourth-order valence-electron chi connectivity index (χ4n) is 4.83. The second kappa shape index (κ2) is 40.1. The van der Waals surface area contributed by atoms with Crippen LogP contribution in [0.3, 0.4) is 0 Å². The Balaban J connectivity index is 4.41. The van der Waals surface area contributed by atoms with Gasteiger partial charge in [0.2, 0.25) is 0 Å². The number of hydrogen-bond donors (Lipinski definition) is 3. The first-order valence-corrected chi connectivity index (χ1v) is 22.3. The van der Waals surface area contributed by atoms with Crippen LogP contribution < -0.4 is 5.73 Å². The van der Waals surface area contributed by atoms with E-state index in [0.29, 0.717) is 25.7 Å². The monoisotopic (exact) mass is 804 g/mol. The zero-order valence-corrected chi connectivity index (χ0v) is 35.3. The van der Waals surface area contributed by atoms with E-state index in [1.54, 1.807) is 0 Å². The molecule has 11 heteroatoms. The quantitative estimate of drug-likeness (QED) is 0.0239. The maximum absolute atomic E-state index is 12.5. The maximum atomic E-state index is 12.5. The van der Waals surface area contributed by atoms with Crippen molar-refractivity contribution in [1.82, 2.24) is 0 Å². The summed E-state index contributed by atoms with van der Waals surface area (Å²) in [7, 11) is -4.42. The first-order chi connectivity index (χ1) is 27.2. The van der Waals surface area contributed by atoms with E-state index in [1.165, 1.54) is 19.3 Å². The van der Waals surface area contributed by atoms with Crippen molar-refractivity contribution >= 4 is 19.8 Å². The molecule has 0 fully saturated rings. The molecule has 0 aliphatic rings. The molecule has 3 atom stereocenters. The van der Waals surface area contributed by atoms with Crippen molar-refractivity contribution in [2.45, 2.75) is 148 Å². The van der Waals surface area contributed by atoms with Gasteiger partial charge in [0.1, 0.15) is 6.61 Å². The molecule has 0 aliphatic carbocycles. The Bertz CT molecular complexity index is 1250. The van der Waals surface area contributed by atoms with Gasteiger partial charge in [0.25, 0.3) is 0 Å². The lowest BCUT2D eigenvalue weighted by Crippen LogP contribution is -2.29. The van der Waals surface area contributed by atoms with Crippen LogP contribution in [0.4, 0.5) is 0 Å². The summed E-state index contributed by atoms with van der Waals surface area (Å²) in [6.07, 6.45) is 48.2. The molecule has 56 heavy (non-hydrogen) atoms. The predicted molar refractivity (Wildman–Crippen MR) is 230 cm³/mol. The summed E-state index contributed by atoms with van der Waals surface area (Å²) in [5.41, 5.74) is 5.33. The Kier molecular flexibility index (Phi) is 37.9. The van der Waals surface area contributed by atoms with Crippen LogP contribution in [0.5, 0.6) is 0 Å². The minimum Gasteiger partial charge on any atom is -0.462 e. The molecule has 0 bridgehead atoms. The number of aliphatic hydroxyl groups is 1. The molecule has 0 amide bonds. The molecule has 0 aromatic rings. The van der Waals surface area contributed by atoms with Gasteiger partial charge in [-0.25, -0.2) is 4.57 Å². The first kappa shape index (κ1) is 52.9. The molecule has 0 aromatic heterocycles. The van der Waals surface area contributed by atoms with Crippen molar-refractivity contribution in [3.8, 4) is 0 Å². The average Bonchev–Trinajstić information content (AvgIpc) is 3.18. The van der Waals surface area contributed by atoms with Gasteiger partial charge in [0.15, 0.2) is 6.10 Å². The summed E-state index contributed by atoms with van der Waals surface area (Å²) in [6, 6.07) is 0. The number of nitrogens with two attached hydrogens (primary N) is 1. The van der Waals surface area contributed by atoms with Gasteiger partial charge >= 0.3 is 19.8 Å². The van der Waals surface area contributed by atoms with Gasteiger partial charge in [-0.3, -0.25) is 18.6 Å². The average molecular weight is 804 g/mol. The van der Waals surface area contributed by atoms with E-state index in [1.807, 2.05) is 25.2 Å². The molecule has 0 saturated carbocycles. The second-order valence-corrected chi connectivity index (χ2v) is 14.7. The molecule has 0 aromatic carbocycles. The van der Waals surface area contributed by atoms with Crippen LogP contribution in [0.15, 0.2) is 97.2 Å². The Morgan fingerprint density at radius 2 is 1.05 bits per heavy atom. The van der Waals surface area contributed by atoms with Crippen LogP contribution in [-0.4, -0.2) is 60.5 Å². The standard InChI is InChI=1S/C45H74NO9P/c1-3-5-6-7-8-9-10-11-12-13-14-18-21-24-27-30-33-36-44(48)52-40-43(41-54-56(50,51)53-39-38-46)55-45(49)37-34-31-28-25-22-19-16-15-17-20-23-26-29-32-35-42(47)4-2/h8-9,11-12,14,16-20,24-29,42-43,47H,3-7,10,13,15,21-23,30-41,46H2,1-2H3,(H,50,51)/b9-8-,12-11-,18-14-,19-16-,20-17-,27-24-,28-25-,29-26-/t42-,43-/m1/s1. The number of unbranched alkanes of at least 4 members (excludes halogenated alkanes) is 5. The molecular weight excluding hydrogens is 729 g/mol. The van der Waals surface area contributed by atoms with Gasteiger partial charge in [-0.15, -0.1) is 0 Å². The number of ether oxygens (including phenoxy) is 2. The van der Waals surface area contributed by atoms with Gasteiger partial charge < -0.3 is 25.2 Å². The molecule has 0 aliphatic heterocycles. The Morgan fingerprint density at radius 1 is 0.607 bits per heavy atom. The highest BCUT2D eigenvalue weighted by Gasteiger charge is 2.25. The number of carbonyl (C=O) groups excluding carboxylic acids is 2. The van der Waals surface area contributed by atoms with E-state index in [9.17, 15) is 24.2 Å². The summed E-state index contributed by atoms with van der Waals surface area (Å²) in [6.45, 7) is 3.25. The van der Waals surface area contributed by atoms with Crippen molar-refractivity contribution in [2.24, 2.45) is 5.73 Å². The highest BCUT2D eigenvalue weighted by molar-refractivity contribution is 7.47. The minimum absolute atomic E-state index is 0.0263. The summed E-state index contributed by atoms with van der Waals surface area (Å²) in [5.74, 6) is -0.990. The normalized spacial score (nSPS) is 14.9. The third-order valence-corrected chi connectivity index (χ3v) is 9.09. The van der Waals surface area contributed by atoms with E-state index in [-0.39, 0.29) is 38.7 Å². The molecular formula is C45H74NO9P. The number of aliphatic hydroxyl groups excluding tert-OH is 1. The highest BCUT2D eigenvalue weighted by atomic mass is 31.2. The minimum atomic E-state index is -4.42. The number of esters is 2. The van der Waals surface area contributed by atoms with Gasteiger partial charge in [-0.1, -0.05) is 124 Å². The van der Waals surface area contributed by atoms with Crippen molar-refractivity contribution in [2.75, 3.05) is 26.4 Å². The SMILES string of the molecule is CCCCC/C=C\C/C=C\C/C=C\C/C=C\CCCC(=O)OC[C@H](COP(=O)(O)OCCN)OC(=O)CCC/C=C\C/C=C\C/C=C\C/C=C\CC[C@H](O)CC. The van der Waals surface area contributed by atoms with E-state index in [4.69, 9.17) is 24.3 Å². The maximum Gasteiger partial charge on any atom is 0.472 e. The van der Waals surface area contributed by atoms with Crippen molar-refractivity contribution in [3.63, 3.8) is 0 Å². The van der Waals surface area contributed by atoms with E-state index < -0.39 is 32.5 Å². The van der Waals surface area contributed by atoms with E-state index in [0.717, 1.165) is 64.2 Å². The largest absolute Gasteiger partial charge is 0.472 e. The van der Waals surface area contributed by atoms with Crippen LogP contribution >= 0.6 is 7.82 Å². The van der Waals surface area contributed by atoms with Gasteiger partial charge in [-0.2, -0.15) is 0 Å². The van der Waals surface area contributed by atoms with Crippen LogP contribution in [0.25, 0.3) is 0 Å². The predicted octanol–water partition coefficient (Wildman–Crippen LogP) is 10.8. The molecule has 0 spiro atoms.